The summed E-state index contributed by atoms with van der Waals surface area (Å²) < 4.78 is 28.7. The van der Waals surface area contributed by atoms with E-state index in [2.05, 4.69) is 0 Å². The Hall–Kier alpha value is -1.56. The molecule has 0 saturated carbocycles. The number of hydrogen-bond donors (Lipinski definition) is 0. The second kappa shape index (κ2) is 4.77. The van der Waals surface area contributed by atoms with E-state index in [-0.39, 0.29) is 23.0 Å². The standard InChI is InChI=1S/C14H17NO4S/c1-2-19-12-5-3-10(4-6-12)14(16)15-8-13-7-11(15)9-20(13,17)18/h3-6,11,13H,2,7-9H2,1H3. The number of hydrogen-bond acceptors (Lipinski definition) is 4. The van der Waals surface area contributed by atoms with Gasteiger partial charge >= 0.3 is 0 Å². The van der Waals surface area contributed by atoms with Gasteiger partial charge in [0.1, 0.15) is 5.75 Å². The molecule has 1 aromatic rings. The number of ether oxygens (including phenoxy) is 1. The molecule has 0 N–H and O–H groups in total. The second-order valence-electron chi connectivity index (χ2n) is 5.26. The van der Waals surface area contributed by atoms with Crippen LogP contribution in [0.1, 0.15) is 23.7 Å². The fourth-order valence-corrected chi connectivity index (χ4v) is 5.00. The van der Waals surface area contributed by atoms with Gasteiger partial charge in [0.05, 0.1) is 17.6 Å². The first-order valence-electron chi connectivity index (χ1n) is 6.76. The lowest BCUT2D eigenvalue weighted by Gasteiger charge is -2.26. The minimum atomic E-state index is -2.96. The number of rotatable bonds is 3. The number of carbonyl (C=O) groups is 1. The van der Waals surface area contributed by atoms with E-state index in [0.29, 0.717) is 25.1 Å². The zero-order valence-electron chi connectivity index (χ0n) is 11.3. The fourth-order valence-electron chi connectivity index (χ4n) is 2.97. The van der Waals surface area contributed by atoms with Crippen LogP contribution >= 0.6 is 0 Å². The highest BCUT2D eigenvalue weighted by molar-refractivity contribution is 7.92. The van der Waals surface area contributed by atoms with Crippen molar-refractivity contribution in [1.29, 1.82) is 0 Å². The highest BCUT2D eigenvalue weighted by Gasteiger charge is 2.50. The Morgan fingerprint density at radius 2 is 2.05 bits per heavy atom. The Morgan fingerprint density at radius 1 is 1.35 bits per heavy atom. The first-order valence-corrected chi connectivity index (χ1v) is 8.48. The largest absolute Gasteiger partial charge is 0.494 e. The third-order valence-electron chi connectivity index (χ3n) is 3.98. The van der Waals surface area contributed by atoms with Crippen LogP contribution in [0.25, 0.3) is 0 Å². The van der Waals surface area contributed by atoms with Gasteiger partial charge in [0.25, 0.3) is 5.91 Å². The predicted octanol–water partition coefficient (Wildman–Crippen LogP) is 1.10. The first kappa shape index (κ1) is 13.4. The number of sulfone groups is 1. The smallest absolute Gasteiger partial charge is 0.254 e. The van der Waals surface area contributed by atoms with Crippen LogP contribution in [-0.2, 0) is 9.84 Å². The zero-order chi connectivity index (χ0) is 14.3. The average Bonchev–Trinajstić information content (AvgIpc) is 2.95. The van der Waals surface area contributed by atoms with E-state index in [9.17, 15) is 13.2 Å². The summed E-state index contributed by atoms with van der Waals surface area (Å²) in [5, 5.41) is -0.362. The van der Waals surface area contributed by atoms with E-state index in [1.165, 1.54) is 0 Å². The molecule has 108 valence electrons. The molecule has 0 aliphatic carbocycles. The summed E-state index contributed by atoms with van der Waals surface area (Å²) >= 11 is 0. The van der Waals surface area contributed by atoms with Crippen molar-refractivity contribution in [2.75, 3.05) is 18.9 Å². The third kappa shape index (κ3) is 2.18. The maximum Gasteiger partial charge on any atom is 0.254 e. The molecule has 2 aliphatic rings. The molecular weight excluding hydrogens is 278 g/mol. The molecule has 2 bridgehead atoms. The normalized spacial score (nSPS) is 26.8. The van der Waals surface area contributed by atoms with Gasteiger partial charge in [-0.2, -0.15) is 0 Å². The average molecular weight is 295 g/mol. The van der Waals surface area contributed by atoms with Crippen LogP contribution in [-0.4, -0.2) is 49.4 Å². The first-order chi connectivity index (χ1) is 9.51. The molecule has 5 nitrogen and oxygen atoms in total. The molecule has 2 aliphatic heterocycles. The number of amides is 1. The summed E-state index contributed by atoms with van der Waals surface area (Å²) in [6.45, 7) is 2.82. The predicted molar refractivity (Wildman–Crippen MR) is 74.6 cm³/mol. The summed E-state index contributed by atoms with van der Waals surface area (Å²) in [5.74, 6) is 0.755. The van der Waals surface area contributed by atoms with Crippen LogP contribution in [0, 0.1) is 0 Å². The molecule has 0 spiro atoms. The lowest BCUT2D eigenvalue weighted by Crippen LogP contribution is -2.44. The third-order valence-corrected chi connectivity index (χ3v) is 6.19. The van der Waals surface area contributed by atoms with E-state index in [1.807, 2.05) is 6.92 Å². The van der Waals surface area contributed by atoms with Gasteiger partial charge in [-0.1, -0.05) is 0 Å². The quantitative estimate of drug-likeness (QED) is 0.837. The van der Waals surface area contributed by atoms with Gasteiger partial charge in [-0.15, -0.1) is 0 Å². The van der Waals surface area contributed by atoms with Crippen molar-refractivity contribution in [1.82, 2.24) is 4.90 Å². The lowest BCUT2D eigenvalue weighted by molar-refractivity contribution is 0.0746. The number of benzene rings is 1. The molecule has 2 unspecified atom stereocenters. The SMILES string of the molecule is CCOc1ccc(C(=O)N2CC3CC2CS3(=O)=O)cc1. The molecule has 1 amide bonds. The van der Waals surface area contributed by atoms with E-state index in [0.717, 1.165) is 5.75 Å². The molecular formula is C14H17NO4S. The van der Waals surface area contributed by atoms with Gasteiger partial charge in [0.15, 0.2) is 9.84 Å². The highest BCUT2D eigenvalue weighted by Crippen LogP contribution is 2.33. The number of nitrogens with zero attached hydrogens (tertiary/aromatic N) is 1. The van der Waals surface area contributed by atoms with E-state index in [1.54, 1.807) is 29.2 Å². The highest BCUT2D eigenvalue weighted by atomic mass is 32.2. The van der Waals surface area contributed by atoms with E-state index in [4.69, 9.17) is 4.74 Å². The Morgan fingerprint density at radius 3 is 2.55 bits per heavy atom. The Balaban J connectivity index is 1.74. The lowest BCUT2D eigenvalue weighted by atomic mass is 10.1. The minimum Gasteiger partial charge on any atom is -0.494 e. The maximum absolute atomic E-state index is 12.4. The minimum absolute atomic E-state index is 0.0875. The molecule has 1 aromatic carbocycles. The Labute approximate surface area is 118 Å². The summed E-state index contributed by atoms with van der Waals surface area (Å²) in [6.07, 6.45) is 0.588. The molecule has 6 heteroatoms. The van der Waals surface area contributed by atoms with Gasteiger partial charge in [-0.25, -0.2) is 8.42 Å². The van der Waals surface area contributed by atoms with Gasteiger partial charge in [0, 0.05) is 18.2 Å². The molecule has 0 aromatic heterocycles. The van der Waals surface area contributed by atoms with Crippen molar-refractivity contribution in [3.05, 3.63) is 29.8 Å². The van der Waals surface area contributed by atoms with Crippen LogP contribution in [0.3, 0.4) is 0 Å². The van der Waals surface area contributed by atoms with E-state index < -0.39 is 9.84 Å². The van der Waals surface area contributed by atoms with Gasteiger partial charge in [0.2, 0.25) is 0 Å². The zero-order valence-corrected chi connectivity index (χ0v) is 12.1. The molecule has 2 heterocycles. The summed E-state index contributed by atoms with van der Waals surface area (Å²) in [5.41, 5.74) is 0.582. The fraction of sp³-hybridized carbons (Fsp3) is 0.500. The van der Waals surface area contributed by atoms with Gasteiger partial charge in [-0.05, 0) is 37.6 Å². The van der Waals surface area contributed by atoms with Crippen molar-refractivity contribution in [3.63, 3.8) is 0 Å². The van der Waals surface area contributed by atoms with Crippen LogP contribution < -0.4 is 4.74 Å². The van der Waals surface area contributed by atoms with Crippen LogP contribution in [0.15, 0.2) is 24.3 Å². The van der Waals surface area contributed by atoms with E-state index >= 15 is 0 Å². The van der Waals surface area contributed by atoms with Gasteiger partial charge < -0.3 is 9.64 Å². The second-order valence-corrected chi connectivity index (χ2v) is 7.58. The Bertz CT molecular complexity index is 623. The Kier molecular flexibility index (Phi) is 3.20. The van der Waals surface area contributed by atoms with Crippen molar-refractivity contribution in [2.24, 2.45) is 0 Å². The van der Waals surface area contributed by atoms with Crippen molar-refractivity contribution in [3.8, 4) is 5.75 Å². The molecule has 3 rings (SSSR count). The molecule has 0 radical (unpaired) electrons. The topological polar surface area (TPSA) is 63.7 Å². The molecule has 2 atom stereocenters. The van der Waals surface area contributed by atoms with Gasteiger partial charge in [-0.3, -0.25) is 4.79 Å². The summed E-state index contributed by atoms with van der Waals surface area (Å²) in [4.78, 5) is 14.1. The van der Waals surface area contributed by atoms with Crippen molar-refractivity contribution >= 4 is 15.7 Å². The monoisotopic (exact) mass is 295 g/mol. The summed E-state index contributed by atoms with van der Waals surface area (Å²) in [6, 6.07) is 6.84. The number of carbonyl (C=O) groups excluding carboxylic acids is 1. The van der Waals surface area contributed by atoms with Crippen molar-refractivity contribution < 1.29 is 17.9 Å². The number of likely N-dealkylation sites (tertiary alicyclic amines) is 1. The molecule has 2 fully saturated rings. The molecule has 2 saturated heterocycles. The maximum atomic E-state index is 12.4. The van der Waals surface area contributed by atoms with Crippen LogP contribution in [0.2, 0.25) is 0 Å². The van der Waals surface area contributed by atoms with Crippen LogP contribution in [0.5, 0.6) is 5.75 Å². The summed E-state index contributed by atoms with van der Waals surface area (Å²) in [7, 11) is -2.96. The molecule has 20 heavy (non-hydrogen) atoms. The number of fused-ring (bicyclic) bond motifs is 2. The van der Waals surface area contributed by atoms with Crippen molar-refractivity contribution in [2.45, 2.75) is 24.6 Å². The van der Waals surface area contributed by atoms with Crippen LogP contribution in [0.4, 0.5) is 0 Å².